The predicted molar refractivity (Wildman–Crippen MR) is 77.8 cm³/mol. The van der Waals surface area contributed by atoms with Crippen LogP contribution in [0.5, 0.6) is 0 Å². The van der Waals surface area contributed by atoms with Crippen LogP contribution in [0.3, 0.4) is 0 Å². The van der Waals surface area contributed by atoms with E-state index in [0.29, 0.717) is 0 Å². The van der Waals surface area contributed by atoms with Crippen LogP contribution in [0.1, 0.15) is 64.7 Å². The zero-order chi connectivity index (χ0) is 13.0. The first-order valence-corrected chi connectivity index (χ1v) is 7.59. The Bertz CT molecular complexity index is 158. The lowest BCUT2D eigenvalue weighted by Crippen LogP contribution is -2.33. The maximum absolute atomic E-state index is 5.60. The Morgan fingerprint density at radius 3 is 1.82 bits per heavy atom. The van der Waals surface area contributed by atoms with Gasteiger partial charge in [0.2, 0.25) is 0 Å². The number of methoxy groups -OCH3 is 2. The van der Waals surface area contributed by atoms with Crippen molar-refractivity contribution < 1.29 is 9.47 Å². The molecule has 17 heavy (non-hydrogen) atoms. The fourth-order valence-corrected chi connectivity index (χ4v) is 2.34. The summed E-state index contributed by atoms with van der Waals surface area (Å²) in [6.45, 7) is 2.22. The van der Waals surface area contributed by atoms with E-state index < -0.39 is 0 Å². The van der Waals surface area contributed by atoms with Crippen molar-refractivity contribution >= 4 is 12.6 Å². The van der Waals surface area contributed by atoms with E-state index in [4.69, 9.17) is 9.47 Å². The molecule has 0 heterocycles. The standard InChI is InChI=1S/C14H30O2S/c1-4-5-8-11-14(15-2,16-3)12-9-6-7-10-13-17/h17H,4-13H2,1-3H3. The van der Waals surface area contributed by atoms with Crippen LogP contribution in [0.2, 0.25) is 0 Å². The Hall–Kier alpha value is 0.270. The first-order valence-electron chi connectivity index (χ1n) is 6.96. The van der Waals surface area contributed by atoms with Crippen LogP contribution in [0, 0.1) is 0 Å². The Labute approximate surface area is 113 Å². The average molecular weight is 262 g/mol. The summed E-state index contributed by atoms with van der Waals surface area (Å²) < 4.78 is 11.2. The fraction of sp³-hybridized carbons (Fsp3) is 1.00. The number of rotatable bonds is 12. The van der Waals surface area contributed by atoms with Crippen LogP contribution in [0.4, 0.5) is 0 Å². The minimum Gasteiger partial charge on any atom is -0.353 e. The summed E-state index contributed by atoms with van der Waals surface area (Å²) >= 11 is 4.22. The molecule has 0 fully saturated rings. The molecule has 0 spiro atoms. The van der Waals surface area contributed by atoms with E-state index in [1.807, 2.05) is 0 Å². The number of hydrogen-bond acceptors (Lipinski definition) is 3. The molecule has 2 nitrogen and oxygen atoms in total. The van der Waals surface area contributed by atoms with Gasteiger partial charge in [0.15, 0.2) is 5.79 Å². The van der Waals surface area contributed by atoms with Gasteiger partial charge in [-0.25, -0.2) is 0 Å². The number of hydrogen-bond donors (Lipinski definition) is 1. The second-order valence-corrected chi connectivity index (χ2v) is 5.11. The predicted octanol–water partition coefficient (Wildman–Crippen LogP) is 4.44. The van der Waals surface area contributed by atoms with Crippen molar-refractivity contribution in [3.05, 3.63) is 0 Å². The molecule has 0 saturated carbocycles. The second kappa shape index (κ2) is 11.4. The summed E-state index contributed by atoms with van der Waals surface area (Å²) in [6, 6.07) is 0. The fourth-order valence-electron chi connectivity index (χ4n) is 2.12. The van der Waals surface area contributed by atoms with E-state index in [9.17, 15) is 0 Å². The lowest BCUT2D eigenvalue weighted by Gasteiger charge is -2.31. The smallest absolute Gasteiger partial charge is 0.167 e. The molecule has 0 aromatic carbocycles. The third-order valence-corrected chi connectivity index (χ3v) is 3.69. The molecule has 0 radical (unpaired) electrons. The SMILES string of the molecule is CCCCCC(CCCCCCS)(OC)OC. The van der Waals surface area contributed by atoms with Gasteiger partial charge in [0.1, 0.15) is 0 Å². The van der Waals surface area contributed by atoms with Crippen LogP contribution in [-0.4, -0.2) is 25.8 Å². The highest BCUT2D eigenvalue weighted by Gasteiger charge is 2.27. The highest BCUT2D eigenvalue weighted by Crippen LogP contribution is 2.26. The van der Waals surface area contributed by atoms with Crippen molar-refractivity contribution in [1.82, 2.24) is 0 Å². The van der Waals surface area contributed by atoms with Crippen LogP contribution in [0.25, 0.3) is 0 Å². The van der Waals surface area contributed by atoms with Crippen molar-refractivity contribution in [3.8, 4) is 0 Å². The summed E-state index contributed by atoms with van der Waals surface area (Å²) in [5.41, 5.74) is 0. The van der Waals surface area contributed by atoms with Gasteiger partial charge in [-0.1, -0.05) is 32.6 Å². The molecular formula is C14H30O2S. The molecule has 0 aromatic heterocycles. The number of ether oxygens (including phenoxy) is 2. The van der Waals surface area contributed by atoms with Crippen LogP contribution in [0.15, 0.2) is 0 Å². The van der Waals surface area contributed by atoms with Gasteiger partial charge in [-0.2, -0.15) is 12.6 Å². The Kier molecular flexibility index (Phi) is 11.5. The van der Waals surface area contributed by atoms with Crippen molar-refractivity contribution in [2.24, 2.45) is 0 Å². The zero-order valence-corrected chi connectivity index (χ0v) is 12.7. The van der Waals surface area contributed by atoms with E-state index >= 15 is 0 Å². The topological polar surface area (TPSA) is 18.5 Å². The molecule has 0 atom stereocenters. The van der Waals surface area contributed by atoms with Gasteiger partial charge in [0.25, 0.3) is 0 Å². The molecule has 0 N–H and O–H groups in total. The molecular weight excluding hydrogens is 232 g/mol. The Morgan fingerprint density at radius 2 is 1.35 bits per heavy atom. The first-order chi connectivity index (χ1) is 8.24. The van der Waals surface area contributed by atoms with E-state index in [1.165, 1.54) is 44.9 Å². The monoisotopic (exact) mass is 262 g/mol. The van der Waals surface area contributed by atoms with Gasteiger partial charge in [0.05, 0.1) is 0 Å². The third kappa shape index (κ3) is 8.06. The molecule has 0 unspecified atom stereocenters. The van der Waals surface area contributed by atoms with Gasteiger partial charge in [-0.05, 0) is 25.0 Å². The maximum atomic E-state index is 5.60. The van der Waals surface area contributed by atoms with E-state index in [1.54, 1.807) is 14.2 Å². The highest BCUT2D eigenvalue weighted by atomic mass is 32.1. The summed E-state index contributed by atoms with van der Waals surface area (Å²) in [4.78, 5) is 0. The maximum Gasteiger partial charge on any atom is 0.167 e. The lowest BCUT2D eigenvalue weighted by atomic mass is 10.00. The molecule has 3 heteroatoms. The van der Waals surface area contributed by atoms with Crippen LogP contribution < -0.4 is 0 Å². The molecule has 0 amide bonds. The molecule has 0 aromatic rings. The largest absolute Gasteiger partial charge is 0.353 e. The van der Waals surface area contributed by atoms with Crippen molar-refractivity contribution in [1.29, 1.82) is 0 Å². The molecule has 0 aliphatic carbocycles. The zero-order valence-electron chi connectivity index (χ0n) is 11.8. The van der Waals surface area contributed by atoms with Gasteiger partial charge >= 0.3 is 0 Å². The minimum absolute atomic E-state index is 0.337. The molecule has 0 saturated heterocycles. The summed E-state index contributed by atoms with van der Waals surface area (Å²) in [5, 5.41) is 0. The summed E-state index contributed by atoms with van der Waals surface area (Å²) in [5.74, 6) is 0.659. The third-order valence-electron chi connectivity index (χ3n) is 3.37. The highest BCUT2D eigenvalue weighted by molar-refractivity contribution is 7.80. The van der Waals surface area contributed by atoms with Gasteiger partial charge in [-0.15, -0.1) is 0 Å². The molecule has 0 aliphatic heterocycles. The van der Waals surface area contributed by atoms with Gasteiger partial charge in [-0.3, -0.25) is 0 Å². The van der Waals surface area contributed by atoms with Crippen LogP contribution in [-0.2, 0) is 9.47 Å². The number of unbranched alkanes of at least 4 members (excludes halogenated alkanes) is 5. The van der Waals surface area contributed by atoms with Crippen molar-refractivity contribution in [2.45, 2.75) is 70.5 Å². The first kappa shape index (κ1) is 17.3. The van der Waals surface area contributed by atoms with E-state index in [0.717, 1.165) is 18.6 Å². The second-order valence-electron chi connectivity index (χ2n) is 4.66. The molecule has 0 bridgehead atoms. The van der Waals surface area contributed by atoms with Crippen LogP contribution >= 0.6 is 12.6 Å². The minimum atomic E-state index is -0.337. The van der Waals surface area contributed by atoms with E-state index in [2.05, 4.69) is 19.6 Å². The van der Waals surface area contributed by atoms with Gasteiger partial charge in [0, 0.05) is 27.1 Å². The summed E-state index contributed by atoms with van der Waals surface area (Å²) in [7, 11) is 3.53. The molecule has 104 valence electrons. The molecule has 0 rings (SSSR count). The summed E-state index contributed by atoms with van der Waals surface area (Å²) in [6.07, 6.45) is 10.6. The Balaban J connectivity index is 3.85. The normalized spacial score (nSPS) is 12.0. The van der Waals surface area contributed by atoms with Crippen molar-refractivity contribution in [2.75, 3.05) is 20.0 Å². The van der Waals surface area contributed by atoms with Gasteiger partial charge < -0.3 is 9.47 Å². The molecule has 0 aliphatic rings. The van der Waals surface area contributed by atoms with Crippen molar-refractivity contribution in [3.63, 3.8) is 0 Å². The lowest BCUT2D eigenvalue weighted by molar-refractivity contribution is -0.216. The quantitative estimate of drug-likeness (QED) is 0.318. The average Bonchev–Trinajstić information content (AvgIpc) is 2.37. The number of thiol groups is 1. The Morgan fingerprint density at radius 1 is 0.824 bits per heavy atom. The van der Waals surface area contributed by atoms with E-state index in [-0.39, 0.29) is 5.79 Å².